The van der Waals surface area contributed by atoms with Gasteiger partial charge in [-0.05, 0) is 18.4 Å². The fraction of sp³-hybridized carbons (Fsp3) is 0.250. The van der Waals surface area contributed by atoms with Gasteiger partial charge in [0.25, 0.3) is 5.89 Å². The summed E-state index contributed by atoms with van der Waals surface area (Å²) < 4.78 is 7.19. The molecular weight excluding hydrogens is 374 g/mol. The number of carbonyl (C=O) groups is 1. The molecule has 120 valence electrons. The number of hydrogen-bond acceptors (Lipinski definition) is 10. The number of primary amides is 1. The number of aromatic nitrogens is 4. The van der Waals surface area contributed by atoms with Crippen LogP contribution in [0.25, 0.3) is 10.8 Å². The second-order valence-electron chi connectivity index (χ2n) is 4.27. The molecule has 0 unspecified atom stereocenters. The molecule has 0 fully saturated rings. The Morgan fingerprint density at radius 3 is 2.91 bits per heavy atom. The fourth-order valence-electron chi connectivity index (χ4n) is 1.54. The van der Waals surface area contributed by atoms with Crippen molar-refractivity contribution in [2.45, 2.75) is 20.9 Å². The maximum atomic E-state index is 10.8. The largest absolute Gasteiger partial charge is 0.419 e. The van der Waals surface area contributed by atoms with E-state index < -0.39 is 0 Å². The molecule has 0 spiro atoms. The highest BCUT2D eigenvalue weighted by Gasteiger charge is 2.19. The summed E-state index contributed by atoms with van der Waals surface area (Å²) >= 11 is 5.73. The molecule has 0 aliphatic heterocycles. The normalized spacial score (nSPS) is 12.4. The van der Waals surface area contributed by atoms with Crippen LogP contribution < -0.4 is 5.73 Å². The topological polar surface area (TPSA) is 108 Å². The molecule has 0 radical (unpaired) electrons. The fourth-order valence-corrected chi connectivity index (χ4v) is 5.11. The number of nitrogens with zero attached hydrogens (tertiary/aromatic N) is 4. The average Bonchev–Trinajstić information content (AvgIpc) is 3.25. The van der Waals surface area contributed by atoms with Gasteiger partial charge in [-0.3, -0.25) is 4.79 Å². The molecular formula is C12H11N5O2S4. The molecule has 0 saturated carbocycles. The number of rotatable bonds is 7. The molecule has 0 aromatic carbocycles. The summed E-state index contributed by atoms with van der Waals surface area (Å²) in [6.07, 6.45) is 0. The lowest BCUT2D eigenvalue weighted by Gasteiger charge is -2.01. The average molecular weight is 386 g/mol. The van der Waals surface area contributed by atoms with Gasteiger partial charge in [0.15, 0.2) is 8.68 Å². The third kappa shape index (κ3) is 4.31. The molecule has 1 amide bonds. The van der Waals surface area contributed by atoms with Gasteiger partial charge in [-0.2, -0.15) is 0 Å². The second kappa shape index (κ2) is 7.43. The van der Waals surface area contributed by atoms with Crippen LogP contribution >= 0.6 is 46.2 Å². The third-order valence-electron chi connectivity index (χ3n) is 2.52. The van der Waals surface area contributed by atoms with E-state index in [1.807, 2.05) is 24.4 Å². The van der Waals surface area contributed by atoms with Gasteiger partial charge in [-0.15, -0.1) is 31.7 Å². The summed E-state index contributed by atoms with van der Waals surface area (Å²) in [6, 6.07) is 3.88. The van der Waals surface area contributed by atoms with Crippen LogP contribution in [-0.2, 0) is 4.79 Å². The Labute approximate surface area is 148 Å². The molecule has 3 aromatic heterocycles. The van der Waals surface area contributed by atoms with E-state index in [2.05, 4.69) is 20.4 Å². The standard InChI is InChI=1S/C12H11N5O2S4/c1-6(9-14-15-10(19-9)7-3-2-4-20-7)22-12-17-16-11(23-12)21-5-8(13)18/h2-4,6H,5H2,1H3,(H2,13,18)/t6-/m0/s1. The minimum atomic E-state index is -0.375. The molecule has 0 saturated heterocycles. The Hall–Kier alpha value is -1.43. The Kier molecular flexibility index (Phi) is 5.30. The zero-order valence-electron chi connectivity index (χ0n) is 11.8. The van der Waals surface area contributed by atoms with Crippen LogP contribution in [0.1, 0.15) is 18.1 Å². The number of carbonyl (C=O) groups excluding carboxylic acids is 1. The van der Waals surface area contributed by atoms with Gasteiger partial charge in [0.1, 0.15) is 0 Å². The van der Waals surface area contributed by atoms with E-state index in [1.165, 1.54) is 34.9 Å². The molecule has 3 rings (SSSR count). The molecule has 11 heteroatoms. The van der Waals surface area contributed by atoms with E-state index in [1.54, 1.807) is 11.3 Å². The highest BCUT2D eigenvalue weighted by atomic mass is 32.2. The molecule has 23 heavy (non-hydrogen) atoms. The molecule has 3 aromatic rings. The van der Waals surface area contributed by atoms with Crippen LogP contribution in [0.2, 0.25) is 0 Å². The van der Waals surface area contributed by atoms with Gasteiger partial charge in [-0.1, -0.05) is 40.9 Å². The molecule has 2 N–H and O–H groups in total. The lowest BCUT2D eigenvalue weighted by molar-refractivity contribution is -0.115. The van der Waals surface area contributed by atoms with Gasteiger partial charge in [0.2, 0.25) is 11.8 Å². The van der Waals surface area contributed by atoms with Crippen LogP contribution in [0, 0.1) is 0 Å². The number of thiophene rings is 1. The second-order valence-corrected chi connectivity index (χ2v) is 9.01. The highest BCUT2D eigenvalue weighted by Crippen LogP contribution is 2.38. The predicted molar refractivity (Wildman–Crippen MR) is 91.7 cm³/mol. The monoisotopic (exact) mass is 385 g/mol. The van der Waals surface area contributed by atoms with E-state index in [-0.39, 0.29) is 16.9 Å². The number of amides is 1. The molecule has 7 nitrogen and oxygen atoms in total. The number of hydrogen-bond donors (Lipinski definition) is 1. The summed E-state index contributed by atoms with van der Waals surface area (Å²) in [7, 11) is 0. The van der Waals surface area contributed by atoms with Crippen LogP contribution in [0.15, 0.2) is 30.6 Å². The Bertz CT molecular complexity index is 785. The zero-order valence-corrected chi connectivity index (χ0v) is 15.1. The van der Waals surface area contributed by atoms with Crippen molar-refractivity contribution in [2.75, 3.05) is 5.75 Å². The van der Waals surface area contributed by atoms with Crippen LogP contribution in [-0.4, -0.2) is 32.1 Å². The quantitative estimate of drug-likeness (QED) is 0.618. The SMILES string of the molecule is C[C@H](Sc1nnc(SCC(N)=O)s1)c1nnc(-c2cccs2)o1. The van der Waals surface area contributed by atoms with Crippen molar-refractivity contribution in [3.05, 3.63) is 23.4 Å². The summed E-state index contributed by atoms with van der Waals surface area (Å²) in [5, 5.41) is 18.2. The Balaban J connectivity index is 1.63. The summed E-state index contributed by atoms with van der Waals surface area (Å²) in [5.74, 6) is 0.889. The Morgan fingerprint density at radius 1 is 1.35 bits per heavy atom. The summed E-state index contributed by atoms with van der Waals surface area (Å²) in [6.45, 7) is 1.97. The highest BCUT2D eigenvalue weighted by molar-refractivity contribution is 8.03. The Morgan fingerprint density at radius 2 is 2.17 bits per heavy atom. The van der Waals surface area contributed by atoms with E-state index in [0.717, 1.165) is 9.22 Å². The zero-order chi connectivity index (χ0) is 16.2. The first kappa shape index (κ1) is 16.4. The molecule has 1 atom stereocenters. The van der Waals surface area contributed by atoms with E-state index in [0.29, 0.717) is 16.1 Å². The van der Waals surface area contributed by atoms with Crippen LogP contribution in [0.4, 0.5) is 0 Å². The van der Waals surface area contributed by atoms with Crippen molar-refractivity contribution >= 4 is 52.1 Å². The van der Waals surface area contributed by atoms with Gasteiger partial charge in [0, 0.05) is 0 Å². The maximum absolute atomic E-state index is 10.8. The number of nitrogens with two attached hydrogens (primary N) is 1. The van der Waals surface area contributed by atoms with Gasteiger partial charge in [0.05, 0.1) is 15.9 Å². The minimum Gasteiger partial charge on any atom is -0.419 e. The molecule has 0 bridgehead atoms. The van der Waals surface area contributed by atoms with Gasteiger partial charge < -0.3 is 10.2 Å². The predicted octanol–water partition coefficient (Wildman–Crippen LogP) is 3.08. The first-order valence-corrected chi connectivity index (χ1v) is 9.96. The molecule has 0 aliphatic rings. The lowest BCUT2D eigenvalue weighted by atomic mass is 10.5. The van der Waals surface area contributed by atoms with E-state index >= 15 is 0 Å². The van der Waals surface area contributed by atoms with Crippen LogP contribution in [0.5, 0.6) is 0 Å². The van der Waals surface area contributed by atoms with E-state index in [9.17, 15) is 4.79 Å². The van der Waals surface area contributed by atoms with E-state index in [4.69, 9.17) is 10.2 Å². The molecule has 0 aliphatic carbocycles. The van der Waals surface area contributed by atoms with Gasteiger partial charge >= 0.3 is 0 Å². The third-order valence-corrected chi connectivity index (χ3v) is 6.63. The van der Waals surface area contributed by atoms with Crippen molar-refractivity contribution in [3.63, 3.8) is 0 Å². The smallest absolute Gasteiger partial charge is 0.257 e. The maximum Gasteiger partial charge on any atom is 0.257 e. The van der Waals surface area contributed by atoms with Crippen molar-refractivity contribution in [2.24, 2.45) is 5.73 Å². The van der Waals surface area contributed by atoms with Crippen molar-refractivity contribution in [3.8, 4) is 10.8 Å². The van der Waals surface area contributed by atoms with Gasteiger partial charge in [-0.25, -0.2) is 0 Å². The summed E-state index contributed by atoms with van der Waals surface area (Å²) in [4.78, 5) is 11.7. The lowest BCUT2D eigenvalue weighted by Crippen LogP contribution is -2.12. The first-order chi connectivity index (χ1) is 11.1. The minimum absolute atomic E-state index is 0.0434. The van der Waals surface area contributed by atoms with Crippen LogP contribution in [0.3, 0.4) is 0 Å². The number of thioether (sulfide) groups is 2. The van der Waals surface area contributed by atoms with Crippen molar-refractivity contribution < 1.29 is 9.21 Å². The van der Waals surface area contributed by atoms with Crippen molar-refractivity contribution in [1.29, 1.82) is 0 Å². The first-order valence-electron chi connectivity index (χ1n) is 6.40. The summed E-state index contributed by atoms with van der Waals surface area (Å²) in [5.41, 5.74) is 5.11. The molecule has 3 heterocycles. The van der Waals surface area contributed by atoms with Crippen molar-refractivity contribution in [1.82, 2.24) is 20.4 Å².